The summed E-state index contributed by atoms with van der Waals surface area (Å²) in [5.74, 6) is 1.34. The van der Waals surface area contributed by atoms with Crippen LogP contribution in [-0.2, 0) is 5.67 Å². The summed E-state index contributed by atoms with van der Waals surface area (Å²) in [6.07, 6.45) is 2.73. The molecule has 3 nitrogen and oxygen atoms in total. The van der Waals surface area contributed by atoms with Gasteiger partial charge in [-0.3, -0.25) is 0 Å². The maximum absolute atomic E-state index is 15.2. The van der Waals surface area contributed by atoms with Crippen molar-refractivity contribution >= 4 is 0 Å². The summed E-state index contributed by atoms with van der Waals surface area (Å²) >= 11 is 0. The predicted molar refractivity (Wildman–Crippen MR) is 71.5 cm³/mol. The minimum Gasteiger partial charge on any atom is -0.497 e. The molecule has 2 atom stereocenters. The first-order valence-corrected chi connectivity index (χ1v) is 6.83. The number of hydrogen-bond acceptors (Lipinski definition) is 3. The second kappa shape index (κ2) is 4.67. The number of likely N-dealkylation sites (tertiary alicyclic amines) is 1. The molecule has 0 spiro atoms. The molecular weight excluding hydrogens is 245 g/mol. The maximum Gasteiger partial charge on any atom is 0.174 e. The SMILES string of the molecule is COc1ccc2c(c1)C(F)(C[C@@H]1CCCN1C)CO2. The van der Waals surface area contributed by atoms with E-state index in [4.69, 9.17) is 9.47 Å². The van der Waals surface area contributed by atoms with Gasteiger partial charge < -0.3 is 14.4 Å². The highest BCUT2D eigenvalue weighted by molar-refractivity contribution is 5.46. The summed E-state index contributed by atoms with van der Waals surface area (Å²) in [5.41, 5.74) is -0.736. The average molecular weight is 265 g/mol. The third kappa shape index (κ3) is 2.18. The molecule has 0 saturated carbocycles. The van der Waals surface area contributed by atoms with Gasteiger partial charge in [-0.05, 0) is 44.6 Å². The van der Waals surface area contributed by atoms with E-state index in [1.807, 2.05) is 6.07 Å². The molecule has 0 N–H and O–H groups in total. The van der Waals surface area contributed by atoms with E-state index in [-0.39, 0.29) is 6.61 Å². The molecule has 104 valence electrons. The van der Waals surface area contributed by atoms with E-state index < -0.39 is 5.67 Å². The van der Waals surface area contributed by atoms with E-state index >= 15 is 4.39 Å². The van der Waals surface area contributed by atoms with Crippen molar-refractivity contribution in [2.45, 2.75) is 31.0 Å². The average Bonchev–Trinajstić information content (AvgIpc) is 2.95. The maximum atomic E-state index is 15.2. The van der Waals surface area contributed by atoms with E-state index in [0.717, 1.165) is 19.4 Å². The molecule has 0 bridgehead atoms. The first-order valence-electron chi connectivity index (χ1n) is 6.83. The van der Waals surface area contributed by atoms with Crippen molar-refractivity contribution in [3.05, 3.63) is 23.8 Å². The van der Waals surface area contributed by atoms with Crippen molar-refractivity contribution in [3.63, 3.8) is 0 Å². The van der Waals surface area contributed by atoms with Crippen LogP contribution in [0.2, 0.25) is 0 Å². The summed E-state index contributed by atoms with van der Waals surface area (Å²) in [6, 6.07) is 5.70. The van der Waals surface area contributed by atoms with Crippen molar-refractivity contribution in [2.24, 2.45) is 0 Å². The lowest BCUT2D eigenvalue weighted by Crippen LogP contribution is -2.34. The van der Waals surface area contributed by atoms with Crippen LogP contribution in [0.25, 0.3) is 0 Å². The molecule has 1 unspecified atom stereocenters. The van der Waals surface area contributed by atoms with Crippen LogP contribution in [0.1, 0.15) is 24.8 Å². The van der Waals surface area contributed by atoms with Crippen LogP contribution >= 0.6 is 0 Å². The number of rotatable bonds is 3. The summed E-state index contributed by atoms with van der Waals surface area (Å²) in [5, 5.41) is 0. The Kier molecular flexibility index (Phi) is 3.13. The first-order chi connectivity index (χ1) is 9.12. The Morgan fingerprint density at radius 3 is 3.05 bits per heavy atom. The molecule has 0 aliphatic carbocycles. The molecule has 3 rings (SSSR count). The molecule has 2 aliphatic rings. The quantitative estimate of drug-likeness (QED) is 0.839. The van der Waals surface area contributed by atoms with Crippen LogP contribution in [-0.4, -0.2) is 38.3 Å². The van der Waals surface area contributed by atoms with Gasteiger partial charge in [0.1, 0.15) is 18.1 Å². The van der Waals surface area contributed by atoms with Gasteiger partial charge in [0, 0.05) is 18.0 Å². The van der Waals surface area contributed by atoms with E-state index in [0.29, 0.717) is 29.5 Å². The molecule has 1 saturated heterocycles. The molecular formula is C15H20FNO2. The van der Waals surface area contributed by atoms with Crippen molar-refractivity contribution in [1.82, 2.24) is 4.90 Å². The van der Waals surface area contributed by atoms with Crippen LogP contribution in [0.5, 0.6) is 11.5 Å². The summed E-state index contributed by atoms with van der Waals surface area (Å²) in [6.45, 7) is 1.19. The number of benzene rings is 1. The zero-order valence-electron chi connectivity index (χ0n) is 11.5. The molecule has 1 aromatic carbocycles. The van der Waals surface area contributed by atoms with Gasteiger partial charge in [0.05, 0.1) is 7.11 Å². The zero-order valence-corrected chi connectivity index (χ0v) is 11.5. The Bertz CT molecular complexity index is 479. The fourth-order valence-corrected chi connectivity index (χ4v) is 3.16. The van der Waals surface area contributed by atoms with Crippen molar-refractivity contribution in [1.29, 1.82) is 0 Å². The van der Waals surface area contributed by atoms with Crippen molar-refractivity contribution < 1.29 is 13.9 Å². The smallest absolute Gasteiger partial charge is 0.174 e. The standard InChI is InChI=1S/C15H20FNO2/c1-17-7-3-4-11(17)9-15(16)10-19-14-6-5-12(18-2)8-13(14)15/h5-6,8,11H,3-4,7,9-10H2,1-2H3/t11-,15?/m0/s1. The number of hydrogen-bond donors (Lipinski definition) is 0. The van der Waals surface area contributed by atoms with E-state index in [1.165, 1.54) is 0 Å². The van der Waals surface area contributed by atoms with Gasteiger partial charge in [0.25, 0.3) is 0 Å². The molecule has 0 aromatic heterocycles. The topological polar surface area (TPSA) is 21.7 Å². The van der Waals surface area contributed by atoms with E-state index in [2.05, 4.69) is 11.9 Å². The highest BCUT2D eigenvalue weighted by Crippen LogP contribution is 2.45. The third-order valence-corrected chi connectivity index (χ3v) is 4.36. The van der Waals surface area contributed by atoms with Crippen LogP contribution in [0.3, 0.4) is 0 Å². The van der Waals surface area contributed by atoms with Gasteiger partial charge in [-0.1, -0.05) is 0 Å². The lowest BCUT2D eigenvalue weighted by atomic mass is 9.90. The minimum absolute atomic E-state index is 0.125. The Morgan fingerprint density at radius 2 is 2.37 bits per heavy atom. The number of fused-ring (bicyclic) bond motifs is 1. The van der Waals surface area contributed by atoms with Gasteiger partial charge in [0.2, 0.25) is 0 Å². The second-order valence-corrected chi connectivity index (χ2v) is 5.60. The summed E-state index contributed by atoms with van der Waals surface area (Å²) in [7, 11) is 3.67. The largest absolute Gasteiger partial charge is 0.497 e. The molecule has 4 heteroatoms. The van der Waals surface area contributed by atoms with Gasteiger partial charge in [-0.2, -0.15) is 0 Å². The summed E-state index contributed by atoms with van der Waals surface area (Å²) < 4.78 is 25.9. The number of halogens is 1. The first kappa shape index (κ1) is 12.7. The number of methoxy groups -OCH3 is 1. The van der Waals surface area contributed by atoms with Crippen LogP contribution < -0.4 is 9.47 Å². The Morgan fingerprint density at radius 1 is 1.53 bits per heavy atom. The molecule has 0 amide bonds. The Balaban J connectivity index is 1.86. The lowest BCUT2D eigenvalue weighted by Gasteiger charge is -2.26. The fraction of sp³-hybridized carbons (Fsp3) is 0.600. The summed E-state index contributed by atoms with van der Waals surface area (Å²) in [4.78, 5) is 2.25. The molecule has 0 radical (unpaired) electrons. The number of ether oxygens (including phenoxy) is 2. The van der Waals surface area contributed by atoms with Crippen LogP contribution in [0.4, 0.5) is 4.39 Å². The lowest BCUT2D eigenvalue weighted by molar-refractivity contribution is 0.0796. The van der Waals surface area contributed by atoms with Crippen molar-refractivity contribution in [3.8, 4) is 11.5 Å². The Hall–Kier alpha value is -1.29. The number of nitrogens with zero attached hydrogens (tertiary/aromatic N) is 1. The molecule has 1 fully saturated rings. The van der Waals surface area contributed by atoms with Crippen molar-refractivity contribution in [2.75, 3.05) is 27.3 Å². The Labute approximate surface area is 113 Å². The highest BCUT2D eigenvalue weighted by atomic mass is 19.1. The van der Waals surface area contributed by atoms with E-state index in [9.17, 15) is 0 Å². The van der Waals surface area contributed by atoms with Gasteiger partial charge in [-0.25, -0.2) is 4.39 Å². The molecule has 2 aliphatic heterocycles. The van der Waals surface area contributed by atoms with Crippen LogP contribution in [0.15, 0.2) is 18.2 Å². The molecule has 1 aromatic rings. The second-order valence-electron chi connectivity index (χ2n) is 5.60. The third-order valence-electron chi connectivity index (χ3n) is 4.36. The molecule has 2 heterocycles. The minimum atomic E-state index is -1.38. The normalized spacial score (nSPS) is 30.2. The van der Waals surface area contributed by atoms with Gasteiger partial charge in [-0.15, -0.1) is 0 Å². The predicted octanol–water partition coefficient (Wildman–Crippen LogP) is 2.74. The van der Waals surface area contributed by atoms with E-state index in [1.54, 1.807) is 19.2 Å². The van der Waals surface area contributed by atoms with Gasteiger partial charge >= 0.3 is 0 Å². The monoisotopic (exact) mass is 265 g/mol. The molecule has 19 heavy (non-hydrogen) atoms. The van der Waals surface area contributed by atoms with Crippen LogP contribution in [0, 0.1) is 0 Å². The highest BCUT2D eigenvalue weighted by Gasteiger charge is 2.44. The number of alkyl halides is 1. The zero-order chi connectivity index (χ0) is 13.5. The van der Waals surface area contributed by atoms with Gasteiger partial charge in [0.15, 0.2) is 5.67 Å². The fourth-order valence-electron chi connectivity index (χ4n) is 3.16.